The van der Waals surface area contributed by atoms with Crippen molar-refractivity contribution in [3.63, 3.8) is 0 Å². The third-order valence-corrected chi connectivity index (χ3v) is 2.05. The summed E-state index contributed by atoms with van der Waals surface area (Å²) >= 11 is 0. The van der Waals surface area contributed by atoms with Gasteiger partial charge in [0.25, 0.3) is 0 Å². The van der Waals surface area contributed by atoms with Gasteiger partial charge in [0, 0.05) is 6.42 Å². The molecule has 0 radical (unpaired) electrons. The predicted octanol–water partition coefficient (Wildman–Crippen LogP) is 0.0115. The van der Waals surface area contributed by atoms with Gasteiger partial charge >= 0.3 is 5.97 Å². The summed E-state index contributed by atoms with van der Waals surface area (Å²) in [7, 11) is 0. The lowest BCUT2D eigenvalue weighted by molar-refractivity contribution is -0.143. The fourth-order valence-corrected chi connectivity index (χ4v) is 1.20. The van der Waals surface area contributed by atoms with Crippen molar-refractivity contribution in [2.24, 2.45) is 5.73 Å². The van der Waals surface area contributed by atoms with E-state index >= 15 is 0 Å². The molecule has 0 aliphatic rings. The number of carbonyl (C=O) groups excluding carboxylic acids is 2. The van der Waals surface area contributed by atoms with Crippen molar-refractivity contribution in [2.75, 3.05) is 0 Å². The van der Waals surface area contributed by atoms with E-state index in [9.17, 15) is 14.4 Å². The second kappa shape index (κ2) is 7.67. The molecule has 4 N–H and O–H groups in total. The molecule has 1 unspecified atom stereocenters. The summed E-state index contributed by atoms with van der Waals surface area (Å²) in [5.41, 5.74) is 4.87. The van der Waals surface area contributed by atoms with E-state index < -0.39 is 17.9 Å². The Morgan fingerprint density at radius 3 is 2.38 bits per heavy atom. The Labute approximate surface area is 94.2 Å². The van der Waals surface area contributed by atoms with Gasteiger partial charge < -0.3 is 16.2 Å². The van der Waals surface area contributed by atoms with Crippen LogP contribution in [0.1, 0.15) is 39.0 Å². The molecule has 16 heavy (non-hydrogen) atoms. The van der Waals surface area contributed by atoms with Gasteiger partial charge in [-0.2, -0.15) is 0 Å². The number of hydrogen-bond donors (Lipinski definition) is 3. The minimum Gasteiger partial charge on any atom is -0.480 e. The van der Waals surface area contributed by atoms with Crippen molar-refractivity contribution >= 4 is 17.8 Å². The molecule has 92 valence electrons. The molecular formula is C10H18N2O4. The fraction of sp³-hybridized carbons (Fsp3) is 0.700. The first-order chi connectivity index (χ1) is 7.47. The molecular weight excluding hydrogens is 212 g/mol. The van der Waals surface area contributed by atoms with Crippen molar-refractivity contribution < 1.29 is 19.5 Å². The van der Waals surface area contributed by atoms with Gasteiger partial charge in [-0.25, -0.2) is 4.79 Å². The molecule has 0 aliphatic heterocycles. The van der Waals surface area contributed by atoms with Gasteiger partial charge in [-0.05, 0) is 6.42 Å². The van der Waals surface area contributed by atoms with Crippen LogP contribution in [-0.4, -0.2) is 28.9 Å². The lowest BCUT2D eigenvalue weighted by atomic mass is 10.1. The summed E-state index contributed by atoms with van der Waals surface area (Å²) in [4.78, 5) is 32.5. The van der Waals surface area contributed by atoms with E-state index in [1.165, 1.54) is 0 Å². The molecule has 0 spiro atoms. The van der Waals surface area contributed by atoms with Crippen LogP contribution < -0.4 is 11.1 Å². The number of nitrogens with one attached hydrogen (secondary N) is 1. The van der Waals surface area contributed by atoms with Crippen LogP contribution in [0.3, 0.4) is 0 Å². The van der Waals surface area contributed by atoms with Gasteiger partial charge in [0.1, 0.15) is 6.04 Å². The number of carboxylic acids is 1. The van der Waals surface area contributed by atoms with Gasteiger partial charge in [-0.3, -0.25) is 9.59 Å². The van der Waals surface area contributed by atoms with Crippen LogP contribution in [0.4, 0.5) is 0 Å². The zero-order valence-electron chi connectivity index (χ0n) is 9.36. The first-order valence-corrected chi connectivity index (χ1v) is 5.27. The average molecular weight is 230 g/mol. The molecule has 0 aliphatic carbocycles. The third-order valence-electron chi connectivity index (χ3n) is 2.05. The largest absolute Gasteiger partial charge is 0.480 e. The standard InChI is InChI=1S/C10H18N2O4/c1-2-3-4-5-9(14)12-7(10(15)16)6-8(11)13/h7H,2-6H2,1H3,(H2,11,13)(H,12,14)(H,15,16). The Morgan fingerprint density at radius 1 is 1.31 bits per heavy atom. The Hall–Kier alpha value is -1.59. The predicted molar refractivity (Wildman–Crippen MR) is 57.5 cm³/mol. The first kappa shape index (κ1) is 14.4. The highest BCUT2D eigenvalue weighted by molar-refractivity contribution is 5.88. The van der Waals surface area contributed by atoms with Crippen molar-refractivity contribution in [1.29, 1.82) is 0 Å². The smallest absolute Gasteiger partial charge is 0.326 e. The maximum Gasteiger partial charge on any atom is 0.326 e. The highest BCUT2D eigenvalue weighted by Gasteiger charge is 2.21. The summed E-state index contributed by atoms with van der Waals surface area (Å²) < 4.78 is 0. The van der Waals surface area contributed by atoms with Gasteiger partial charge in [0.15, 0.2) is 0 Å². The monoisotopic (exact) mass is 230 g/mol. The van der Waals surface area contributed by atoms with Crippen LogP contribution in [0.15, 0.2) is 0 Å². The van der Waals surface area contributed by atoms with Crippen LogP contribution in [-0.2, 0) is 14.4 Å². The molecule has 1 atom stereocenters. The number of aliphatic carboxylic acids is 1. The minimum atomic E-state index is -1.25. The molecule has 0 aromatic carbocycles. The van der Waals surface area contributed by atoms with Crippen LogP contribution >= 0.6 is 0 Å². The Bertz CT molecular complexity index is 266. The van der Waals surface area contributed by atoms with Gasteiger partial charge in [0.05, 0.1) is 6.42 Å². The number of amides is 2. The molecule has 0 rings (SSSR count). The van der Waals surface area contributed by atoms with Gasteiger partial charge in [-0.15, -0.1) is 0 Å². The van der Waals surface area contributed by atoms with E-state index in [1.54, 1.807) is 0 Å². The highest BCUT2D eigenvalue weighted by Crippen LogP contribution is 2.00. The Kier molecular flexibility index (Phi) is 6.91. The molecule has 0 aromatic rings. The van der Waals surface area contributed by atoms with E-state index in [0.29, 0.717) is 6.42 Å². The van der Waals surface area contributed by atoms with E-state index in [4.69, 9.17) is 10.8 Å². The van der Waals surface area contributed by atoms with Crippen molar-refractivity contribution in [3.8, 4) is 0 Å². The fourth-order valence-electron chi connectivity index (χ4n) is 1.20. The summed E-state index contributed by atoms with van der Waals surface area (Å²) in [5.74, 6) is -2.36. The minimum absolute atomic E-state index is 0.274. The van der Waals surface area contributed by atoms with E-state index in [2.05, 4.69) is 5.32 Å². The van der Waals surface area contributed by atoms with Crippen LogP contribution in [0, 0.1) is 0 Å². The third kappa shape index (κ3) is 6.80. The number of primary amides is 1. The second-order valence-electron chi connectivity index (χ2n) is 3.59. The molecule has 0 saturated carbocycles. The van der Waals surface area contributed by atoms with Gasteiger partial charge in [-0.1, -0.05) is 19.8 Å². The topological polar surface area (TPSA) is 109 Å². The maximum atomic E-state index is 11.3. The quantitative estimate of drug-likeness (QED) is 0.510. The molecule has 6 heteroatoms. The molecule has 2 amide bonds. The Balaban J connectivity index is 4.03. The second-order valence-corrected chi connectivity index (χ2v) is 3.59. The number of nitrogens with two attached hydrogens (primary N) is 1. The summed E-state index contributed by atoms with van der Waals surface area (Å²) in [6.45, 7) is 2.01. The number of carbonyl (C=O) groups is 3. The van der Waals surface area contributed by atoms with Crippen molar-refractivity contribution in [1.82, 2.24) is 5.32 Å². The van der Waals surface area contributed by atoms with E-state index in [0.717, 1.165) is 12.8 Å². The van der Waals surface area contributed by atoms with E-state index in [1.807, 2.05) is 6.92 Å². The zero-order valence-corrected chi connectivity index (χ0v) is 9.36. The Morgan fingerprint density at radius 2 is 1.94 bits per heavy atom. The maximum absolute atomic E-state index is 11.3. The molecule has 0 aromatic heterocycles. The molecule has 0 heterocycles. The lowest BCUT2D eigenvalue weighted by Gasteiger charge is -2.12. The summed E-state index contributed by atoms with van der Waals surface area (Å²) in [6.07, 6.45) is 2.51. The number of hydrogen-bond acceptors (Lipinski definition) is 3. The summed E-state index contributed by atoms with van der Waals surface area (Å²) in [5, 5.41) is 11.0. The highest BCUT2D eigenvalue weighted by atomic mass is 16.4. The average Bonchev–Trinajstić information content (AvgIpc) is 2.16. The molecule has 0 bridgehead atoms. The van der Waals surface area contributed by atoms with Crippen LogP contribution in [0.2, 0.25) is 0 Å². The van der Waals surface area contributed by atoms with Crippen molar-refractivity contribution in [2.45, 2.75) is 45.1 Å². The molecule has 6 nitrogen and oxygen atoms in total. The number of carboxylic acid groups (broad SMARTS) is 1. The SMILES string of the molecule is CCCCCC(=O)NC(CC(N)=O)C(=O)O. The summed E-state index contributed by atoms with van der Waals surface area (Å²) in [6, 6.07) is -1.22. The normalized spacial score (nSPS) is 11.8. The lowest BCUT2D eigenvalue weighted by Crippen LogP contribution is -2.43. The number of unbranched alkanes of at least 4 members (excludes halogenated alkanes) is 2. The van der Waals surface area contributed by atoms with Crippen LogP contribution in [0.25, 0.3) is 0 Å². The van der Waals surface area contributed by atoms with E-state index in [-0.39, 0.29) is 18.7 Å². The van der Waals surface area contributed by atoms with Crippen molar-refractivity contribution in [3.05, 3.63) is 0 Å². The van der Waals surface area contributed by atoms with Gasteiger partial charge in [0.2, 0.25) is 11.8 Å². The van der Waals surface area contributed by atoms with Crippen LogP contribution in [0.5, 0.6) is 0 Å². The molecule has 0 saturated heterocycles. The number of rotatable bonds is 8. The molecule has 0 fully saturated rings. The first-order valence-electron chi connectivity index (χ1n) is 5.27. The zero-order chi connectivity index (χ0) is 12.6.